The molecule has 0 aromatic rings. The Hall–Kier alpha value is -0.650. The first kappa shape index (κ1) is 14.4. The fourth-order valence-electron chi connectivity index (χ4n) is 2.30. The van der Waals surface area contributed by atoms with Crippen molar-refractivity contribution in [2.75, 3.05) is 20.3 Å². The molecule has 3 atom stereocenters. The maximum atomic E-state index is 11.2. The predicted molar refractivity (Wildman–Crippen MR) is 64.1 cm³/mol. The molecule has 1 saturated carbocycles. The molecule has 0 aromatic heterocycles. The summed E-state index contributed by atoms with van der Waals surface area (Å²) in [6.45, 7) is 5.13. The van der Waals surface area contributed by atoms with Gasteiger partial charge in [-0.15, -0.1) is 0 Å². The van der Waals surface area contributed by atoms with Crippen LogP contribution in [0.15, 0.2) is 0 Å². The average molecular weight is 245 g/mol. The van der Waals surface area contributed by atoms with Gasteiger partial charge in [0.05, 0.1) is 18.8 Å². The Morgan fingerprint density at radius 3 is 2.82 bits per heavy atom. The highest BCUT2D eigenvalue weighted by atomic mass is 16.5. The van der Waals surface area contributed by atoms with Crippen molar-refractivity contribution in [1.29, 1.82) is 0 Å². The number of likely N-dealkylation sites (N-methyl/N-ethyl adjacent to an activating group) is 1. The number of nitrogens with one attached hydrogen (secondary N) is 1. The summed E-state index contributed by atoms with van der Waals surface area (Å²) in [5, 5.41) is 12.1. The van der Waals surface area contributed by atoms with Crippen LogP contribution in [-0.4, -0.2) is 49.1 Å². The lowest BCUT2D eigenvalue weighted by Crippen LogP contribution is -2.48. The van der Waals surface area contributed by atoms with Gasteiger partial charge in [-0.25, -0.2) is 0 Å². The topological polar surface area (TPSA) is 67.8 Å². The lowest BCUT2D eigenvalue weighted by Gasteiger charge is -2.24. The molecule has 0 spiro atoms. The largest absolute Gasteiger partial charge is 0.480 e. The SMILES string of the molecule is CCOCC(C)OC1CCC(NC)(C(=O)O)C1. The molecule has 0 heterocycles. The van der Waals surface area contributed by atoms with Crippen LogP contribution in [0, 0.1) is 0 Å². The van der Waals surface area contributed by atoms with Crippen molar-refractivity contribution >= 4 is 5.97 Å². The van der Waals surface area contributed by atoms with E-state index in [0.717, 1.165) is 6.42 Å². The Bertz CT molecular complexity index is 259. The van der Waals surface area contributed by atoms with Crippen LogP contribution in [0.4, 0.5) is 0 Å². The highest BCUT2D eigenvalue weighted by Gasteiger charge is 2.45. The predicted octanol–water partition coefficient (Wildman–Crippen LogP) is 1.02. The van der Waals surface area contributed by atoms with Gasteiger partial charge < -0.3 is 19.9 Å². The molecule has 0 radical (unpaired) electrons. The Labute approximate surface area is 102 Å². The van der Waals surface area contributed by atoms with Crippen LogP contribution in [0.1, 0.15) is 33.1 Å². The third-order valence-corrected chi connectivity index (χ3v) is 3.34. The lowest BCUT2D eigenvalue weighted by molar-refractivity contribution is -0.145. The Morgan fingerprint density at radius 2 is 2.35 bits per heavy atom. The minimum atomic E-state index is -0.810. The van der Waals surface area contributed by atoms with E-state index in [1.807, 2.05) is 13.8 Å². The molecule has 0 bridgehead atoms. The van der Waals surface area contributed by atoms with E-state index in [2.05, 4.69) is 5.32 Å². The summed E-state index contributed by atoms with van der Waals surface area (Å²) < 4.78 is 11.1. The van der Waals surface area contributed by atoms with Gasteiger partial charge in [0.25, 0.3) is 0 Å². The average Bonchev–Trinajstić information content (AvgIpc) is 2.71. The molecule has 3 unspecified atom stereocenters. The third-order valence-electron chi connectivity index (χ3n) is 3.34. The molecule has 1 aliphatic carbocycles. The molecule has 0 saturated heterocycles. The molecule has 0 aromatic carbocycles. The quantitative estimate of drug-likeness (QED) is 0.701. The standard InChI is InChI=1S/C12H23NO4/c1-4-16-8-9(2)17-10-5-6-12(7-10,13-3)11(14)15/h9-10,13H,4-8H2,1-3H3,(H,14,15). The Balaban J connectivity index is 2.41. The number of hydrogen-bond acceptors (Lipinski definition) is 4. The number of carboxylic acids is 1. The summed E-state index contributed by atoms with van der Waals surface area (Å²) in [4.78, 5) is 11.2. The molecule has 0 aliphatic heterocycles. The van der Waals surface area contributed by atoms with Gasteiger partial charge in [0, 0.05) is 13.0 Å². The van der Waals surface area contributed by atoms with E-state index in [-0.39, 0.29) is 12.2 Å². The summed E-state index contributed by atoms with van der Waals surface area (Å²) >= 11 is 0. The van der Waals surface area contributed by atoms with Crippen molar-refractivity contribution in [1.82, 2.24) is 5.32 Å². The summed E-state index contributed by atoms with van der Waals surface area (Å²) in [5.41, 5.74) is -0.810. The van der Waals surface area contributed by atoms with E-state index < -0.39 is 11.5 Å². The van der Waals surface area contributed by atoms with Crippen molar-refractivity contribution < 1.29 is 19.4 Å². The van der Waals surface area contributed by atoms with Crippen LogP contribution >= 0.6 is 0 Å². The summed E-state index contributed by atoms with van der Waals surface area (Å²) in [6.07, 6.45) is 1.94. The molecule has 17 heavy (non-hydrogen) atoms. The second-order valence-corrected chi connectivity index (χ2v) is 4.61. The molecule has 2 N–H and O–H groups in total. The van der Waals surface area contributed by atoms with E-state index >= 15 is 0 Å². The fourth-order valence-corrected chi connectivity index (χ4v) is 2.30. The van der Waals surface area contributed by atoms with Gasteiger partial charge in [-0.1, -0.05) is 0 Å². The normalized spacial score (nSPS) is 30.4. The number of carbonyl (C=O) groups is 1. The van der Waals surface area contributed by atoms with Crippen LogP contribution in [0.25, 0.3) is 0 Å². The molecule has 5 nitrogen and oxygen atoms in total. The molecule has 5 heteroatoms. The van der Waals surface area contributed by atoms with Gasteiger partial charge in [0.15, 0.2) is 0 Å². The number of ether oxygens (including phenoxy) is 2. The number of carboxylic acid groups (broad SMARTS) is 1. The molecule has 1 aliphatic rings. The first-order valence-electron chi connectivity index (χ1n) is 6.19. The summed E-state index contributed by atoms with van der Waals surface area (Å²) in [6, 6.07) is 0. The zero-order valence-electron chi connectivity index (χ0n) is 10.9. The van der Waals surface area contributed by atoms with E-state index in [1.165, 1.54) is 0 Å². The van der Waals surface area contributed by atoms with E-state index in [0.29, 0.717) is 26.1 Å². The highest BCUT2D eigenvalue weighted by Crippen LogP contribution is 2.32. The number of hydrogen-bond donors (Lipinski definition) is 2. The van der Waals surface area contributed by atoms with Gasteiger partial charge in [0.2, 0.25) is 0 Å². The molecule has 1 fully saturated rings. The molecule has 0 amide bonds. The lowest BCUT2D eigenvalue weighted by atomic mass is 9.98. The van der Waals surface area contributed by atoms with Gasteiger partial charge in [0.1, 0.15) is 5.54 Å². The second-order valence-electron chi connectivity index (χ2n) is 4.61. The highest BCUT2D eigenvalue weighted by molar-refractivity contribution is 5.79. The Morgan fingerprint density at radius 1 is 1.65 bits per heavy atom. The van der Waals surface area contributed by atoms with Crippen molar-refractivity contribution in [2.24, 2.45) is 0 Å². The van der Waals surface area contributed by atoms with Crippen molar-refractivity contribution in [3.63, 3.8) is 0 Å². The minimum absolute atomic E-state index is 0.00834. The minimum Gasteiger partial charge on any atom is -0.480 e. The van der Waals surface area contributed by atoms with E-state index in [9.17, 15) is 9.90 Å². The molecular weight excluding hydrogens is 222 g/mol. The van der Waals surface area contributed by atoms with Gasteiger partial charge >= 0.3 is 5.97 Å². The van der Waals surface area contributed by atoms with E-state index in [4.69, 9.17) is 9.47 Å². The van der Waals surface area contributed by atoms with Crippen LogP contribution < -0.4 is 5.32 Å². The number of rotatable bonds is 7. The number of aliphatic carboxylic acids is 1. The van der Waals surface area contributed by atoms with Crippen molar-refractivity contribution in [2.45, 2.75) is 50.9 Å². The van der Waals surface area contributed by atoms with Crippen molar-refractivity contribution in [3.8, 4) is 0 Å². The first-order chi connectivity index (χ1) is 8.04. The fraction of sp³-hybridized carbons (Fsp3) is 0.917. The maximum Gasteiger partial charge on any atom is 0.323 e. The first-order valence-corrected chi connectivity index (χ1v) is 6.19. The zero-order valence-corrected chi connectivity index (χ0v) is 10.9. The summed E-state index contributed by atoms with van der Waals surface area (Å²) in [5.74, 6) is -0.788. The zero-order chi connectivity index (χ0) is 12.9. The van der Waals surface area contributed by atoms with E-state index in [1.54, 1.807) is 7.05 Å². The Kier molecular flexibility index (Phi) is 5.36. The smallest absolute Gasteiger partial charge is 0.323 e. The second kappa shape index (κ2) is 6.33. The van der Waals surface area contributed by atoms with Crippen LogP contribution in [0.5, 0.6) is 0 Å². The van der Waals surface area contributed by atoms with Crippen LogP contribution in [0.3, 0.4) is 0 Å². The third kappa shape index (κ3) is 3.66. The van der Waals surface area contributed by atoms with Crippen LogP contribution in [0.2, 0.25) is 0 Å². The maximum absolute atomic E-state index is 11.2. The van der Waals surface area contributed by atoms with Gasteiger partial charge in [-0.05, 0) is 33.7 Å². The summed E-state index contributed by atoms with van der Waals surface area (Å²) in [7, 11) is 1.69. The van der Waals surface area contributed by atoms with Crippen molar-refractivity contribution in [3.05, 3.63) is 0 Å². The van der Waals surface area contributed by atoms with Gasteiger partial charge in [-0.3, -0.25) is 4.79 Å². The van der Waals surface area contributed by atoms with Crippen LogP contribution in [-0.2, 0) is 14.3 Å². The monoisotopic (exact) mass is 245 g/mol. The molecular formula is C12H23NO4. The van der Waals surface area contributed by atoms with Gasteiger partial charge in [-0.2, -0.15) is 0 Å². The molecule has 1 rings (SSSR count). The molecule has 100 valence electrons.